The average Bonchev–Trinajstić information content (AvgIpc) is 3.02. The van der Waals surface area contributed by atoms with E-state index in [1.165, 1.54) is 86.8 Å². The van der Waals surface area contributed by atoms with E-state index in [4.69, 9.17) is 21.9 Å². The summed E-state index contributed by atoms with van der Waals surface area (Å²) in [5.74, 6) is -1.97. The van der Waals surface area contributed by atoms with Crippen LogP contribution in [0.1, 0.15) is 6.92 Å². The van der Waals surface area contributed by atoms with E-state index in [9.17, 15) is 31.2 Å². The second-order valence-corrected chi connectivity index (χ2v) is 13.8. The van der Waals surface area contributed by atoms with Crippen molar-refractivity contribution < 1.29 is 36.0 Å². The Labute approximate surface area is 265 Å². The molecule has 4 aromatic rings. The zero-order chi connectivity index (χ0) is 33.8. The van der Waals surface area contributed by atoms with E-state index in [1.54, 1.807) is 12.1 Å². The quantitative estimate of drug-likeness (QED) is 0.162. The molecular formula is C30H32N6O8S2. The van der Waals surface area contributed by atoms with Gasteiger partial charge in [-0.05, 0) is 67.6 Å². The fourth-order valence-corrected chi connectivity index (χ4v) is 7.45. The maximum atomic E-state index is 13.9. The van der Waals surface area contributed by atoms with Crippen LogP contribution < -0.4 is 35.9 Å². The minimum absolute atomic E-state index is 0.00774. The van der Waals surface area contributed by atoms with Crippen LogP contribution in [0.5, 0.6) is 5.75 Å². The Hall–Kier alpha value is -5.19. The second kappa shape index (κ2) is 13.4. The van der Waals surface area contributed by atoms with Gasteiger partial charge in [-0.3, -0.25) is 23.0 Å². The van der Waals surface area contributed by atoms with E-state index in [1.807, 2.05) is 0 Å². The van der Waals surface area contributed by atoms with Crippen molar-refractivity contribution in [2.75, 3.05) is 34.1 Å². The van der Waals surface area contributed by atoms with Gasteiger partial charge in [0, 0.05) is 16.5 Å². The number of sulfonamides is 2. The normalized spacial score (nSPS) is 12.2. The average molecular weight is 669 g/mol. The van der Waals surface area contributed by atoms with Gasteiger partial charge in [0.15, 0.2) is 0 Å². The van der Waals surface area contributed by atoms with E-state index in [2.05, 4.69) is 5.32 Å². The Bertz CT molecular complexity index is 2000. The van der Waals surface area contributed by atoms with Crippen LogP contribution >= 0.6 is 0 Å². The van der Waals surface area contributed by atoms with E-state index in [0.717, 1.165) is 8.61 Å². The van der Waals surface area contributed by atoms with Crippen LogP contribution in [0.2, 0.25) is 0 Å². The highest BCUT2D eigenvalue weighted by Crippen LogP contribution is 2.38. The van der Waals surface area contributed by atoms with Crippen LogP contribution in [0.25, 0.3) is 10.8 Å². The molecule has 0 aliphatic heterocycles. The summed E-state index contributed by atoms with van der Waals surface area (Å²) < 4.78 is 62.3. The highest BCUT2D eigenvalue weighted by Gasteiger charge is 2.32. The summed E-state index contributed by atoms with van der Waals surface area (Å²) in [6.07, 6.45) is 0. The Balaban J connectivity index is 1.86. The first-order valence-corrected chi connectivity index (χ1v) is 16.5. The summed E-state index contributed by atoms with van der Waals surface area (Å²) in [5.41, 5.74) is 16.9. The number of amides is 3. The largest absolute Gasteiger partial charge is 0.497 e. The first kappa shape index (κ1) is 33.7. The SMILES string of the molecule is COc1ccc(S(=O)(=O)N(CC(N)=O)c2ccc(N(CC(N)=O)S(=O)(=O)c3ccc(NC(=O)[C@H](C)N)cc3)c3ccccc23)cc1. The monoisotopic (exact) mass is 668 g/mol. The van der Waals surface area contributed by atoms with Crippen molar-refractivity contribution in [3.63, 3.8) is 0 Å². The molecule has 3 amide bonds. The number of nitrogens with one attached hydrogen (secondary N) is 1. The molecule has 0 unspecified atom stereocenters. The summed E-state index contributed by atoms with van der Waals surface area (Å²) in [6.45, 7) is 0.00387. The van der Waals surface area contributed by atoms with Gasteiger partial charge in [-0.2, -0.15) is 0 Å². The molecule has 16 heteroatoms. The number of hydrogen-bond donors (Lipinski definition) is 4. The number of anilines is 3. The Kier molecular flexibility index (Phi) is 9.84. The van der Waals surface area contributed by atoms with Gasteiger partial charge in [0.25, 0.3) is 20.0 Å². The number of fused-ring (bicyclic) bond motifs is 1. The van der Waals surface area contributed by atoms with E-state index in [0.29, 0.717) is 11.4 Å². The molecule has 0 saturated heterocycles. The first-order valence-electron chi connectivity index (χ1n) is 13.6. The third-order valence-electron chi connectivity index (χ3n) is 6.79. The lowest BCUT2D eigenvalue weighted by Gasteiger charge is -2.28. The smallest absolute Gasteiger partial charge is 0.264 e. The highest BCUT2D eigenvalue weighted by atomic mass is 32.2. The Morgan fingerprint density at radius 3 is 1.50 bits per heavy atom. The van der Waals surface area contributed by atoms with Gasteiger partial charge in [0.05, 0.1) is 34.3 Å². The van der Waals surface area contributed by atoms with Crippen LogP contribution in [0.15, 0.2) is 94.7 Å². The zero-order valence-electron chi connectivity index (χ0n) is 24.8. The third-order valence-corrected chi connectivity index (χ3v) is 10.3. The molecule has 4 aromatic carbocycles. The van der Waals surface area contributed by atoms with Crippen LogP contribution in [0.4, 0.5) is 17.1 Å². The molecule has 0 radical (unpaired) electrons. The first-order chi connectivity index (χ1) is 21.7. The van der Waals surface area contributed by atoms with Gasteiger partial charge in [-0.15, -0.1) is 0 Å². The van der Waals surface area contributed by atoms with Crippen molar-refractivity contribution in [2.45, 2.75) is 22.8 Å². The van der Waals surface area contributed by atoms with Crippen molar-refractivity contribution in [3.05, 3.63) is 84.9 Å². The molecule has 0 aromatic heterocycles. The van der Waals surface area contributed by atoms with Crippen molar-refractivity contribution in [3.8, 4) is 5.75 Å². The number of nitrogens with two attached hydrogens (primary N) is 3. The summed E-state index contributed by atoms with van der Waals surface area (Å²) in [6, 6.07) is 18.8. The molecule has 0 fully saturated rings. The van der Waals surface area contributed by atoms with Crippen molar-refractivity contribution in [1.82, 2.24) is 0 Å². The predicted molar refractivity (Wildman–Crippen MR) is 173 cm³/mol. The second-order valence-electron chi connectivity index (χ2n) is 10.1. The number of carbonyl (C=O) groups excluding carboxylic acids is 3. The standard InChI is InChI=1S/C30H32N6O8S2/c1-19(31)30(39)34-20-7-11-22(12-8-20)45(40,41)35(17-28(32)37)26-15-16-27(25-6-4-3-5-24(25)26)36(18-29(33)38)46(42,43)23-13-9-21(44-2)10-14-23/h3-16,19H,17-18,31H2,1-2H3,(H2,32,37)(H2,33,38)(H,34,39)/t19-/m0/s1. The van der Waals surface area contributed by atoms with Gasteiger partial charge in [-0.1, -0.05) is 24.3 Å². The summed E-state index contributed by atoms with van der Waals surface area (Å²) >= 11 is 0. The van der Waals surface area contributed by atoms with Crippen LogP contribution in [0.3, 0.4) is 0 Å². The lowest BCUT2D eigenvalue weighted by Crippen LogP contribution is -2.39. The number of primary amides is 2. The third kappa shape index (κ3) is 7.03. The fourth-order valence-electron chi connectivity index (χ4n) is 4.55. The molecule has 0 heterocycles. The summed E-state index contributed by atoms with van der Waals surface area (Å²) in [4.78, 5) is 35.9. The number of carbonyl (C=O) groups is 3. The molecule has 14 nitrogen and oxygen atoms in total. The molecule has 4 rings (SSSR count). The number of hydrogen-bond acceptors (Lipinski definition) is 9. The van der Waals surface area contributed by atoms with Crippen LogP contribution in [-0.4, -0.2) is 60.8 Å². The van der Waals surface area contributed by atoms with E-state index < -0.39 is 56.9 Å². The van der Waals surface area contributed by atoms with Crippen molar-refractivity contribution in [2.24, 2.45) is 17.2 Å². The van der Waals surface area contributed by atoms with E-state index in [-0.39, 0.29) is 31.9 Å². The Morgan fingerprint density at radius 1 is 0.717 bits per heavy atom. The fraction of sp³-hybridized carbons (Fsp3) is 0.167. The van der Waals surface area contributed by atoms with E-state index >= 15 is 0 Å². The maximum Gasteiger partial charge on any atom is 0.264 e. The van der Waals surface area contributed by atoms with Crippen molar-refractivity contribution >= 4 is 65.6 Å². The number of ether oxygens (including phenoxy) is 1. The van der Waals surface area contributed by atoms with Crippen molar-refractivity contribution in [1.29, 1.82) is 0 Å². The van der Waals surface area contributed by atoms with Gasteiger partial charge in [-0.25, -0.2) is 16.8 Å². The summed E-state index contributed by atoms with van der Waals surface area (Å²) in [5, 5.41) is 3.02. The predicted octanol–water partition coefficient (Wildman–Crippen LogP) is 1.50. The van der Waals surface area contributed by atoms with Crippen LogP contribution in [0, 0.1) is 0 Å². The van der Waals surface area contributed by atoms with Gasteiger partial charge in [0.2, 0.25) is 17.7 Å². The van der Waals surface area contributed by atoms with Gasteiger partial charge < -0.3 is 27.3 Å². The lowest BCUT2D eigenvalue weighted by atomic mass is 10.1. The molecule has 1 atom stereocenters. The molecule has 0 aliphatic rings. The number of benzene rings is 4. The molecule has 242 valence electrons. The molecular weight excluding hydrogens is 636 g/mol. The summed E-state index contributed by atoms with van der Waals surface area (Å²) in [7, 11) is -7.40. The minimum atomic E-state index is -4.46. The highest BCUT2D eigenvalue weighted by molar-refractivity contribution is 7.93. The van der Waals surface area contributed by atoms with Crippen LogP contribution in [-0.2, 0) is 34.4 Å². The number of methoxy groups -OCH3 is 1. The van der Waals surface area contributed by atoms with Gasteiger partial charge in [0.1, 0.15) is 18.8 Å². The maximum absolute atomic E-state index is 13.9. The van der Waals surface area contributed by atoms with Gasteiger partial charge >= 0.3 is 0 Å². The molecule has 0 aliphatic carbocycles. The molecule has 7 N–H and O–H groups in total. The zero-order valence-corrected chi connectivity index (χ0v) is 26.4. The topological polar surface area (TPSA) is 225 Å². The minimum Gasteiger partial charge on any atom is -0.497 e. The number of nitrogens with zero attached hydrogens (tertiary/aromatic N) is 2. The molecule has 46 heavy (non-hydrogen) atoms. The Morgan fingerprint density at radius 2 is 1.13 bits per heavy atom. The molecule has 0 spiro atoms. The molecule has 0 bridgehead atoms. The lowest BCUT2D eigenvalue weighted by molar-refractivity contribution is -0.117. The number of rotatable bonds is 13. The molecule has 0 saturated carbocycles.